The van der Waals surface area contributed by atoms with Crippen LogP contribution >= 0.6 is 0 Å². The molecule has 0 spiro atoms. The second-order valence-corrected chi connectivity index (χ2v) is 4.32. The molecule has 0 fully saturated rings. The van der Waals surface area contributed by atoms with Crippen molar-refractivity contribution in [1.82, 2.24) is 0 Å². The third-order valence-electron chi connectivity index (χ3n) is 2.76. The van der Waals surface area contributed by atoms with Crippen LogP contribution in [0.5, 0.6) is 17.2 Å². The Morgan fingerprint density at radius 2 is 1.64 bits per heavy atom. The summed E-state index contributed by atoms with van der Waals surface area (Å²) in [4.78, 5) is 22.6. The Morgan fingerprint density at radius 1 is 1.00 bits per heavy atom. The van der Waals surface area contributed by atoms with E-state index in [1.54, 1.807) is 48.5 Å². The Morgan fingerprint density at radius 3 is 2.27 bits per heavy atom. The van der Waals surface area contributed by atoms with Crippen LogP contribution in [-0.2, 0) is 4.79 Å². The zero-order chi connectivity index (χ0) is 15.8. The fourth-order valence-corrected chi connectivity index (χ4v) is 1.76. The van der Waals surface area contributed by atoms with Crippen LogP contribution in [0.25, 0.3) is 0 Å². The van der Waals surface area contributed by atoms with Crippen LogP contribution in [0.4, 0.5) is 0 Å². The van der Waals surface area contributed by atoms with Gasteiger partial charge in [0, 0.05) is 0 Å². The molecule has 0 aromatic heterocycles. The van der Waals surface area contributed by atoms with Gasteiger partial charge in [-0.15, -0.1) is 0 Å². The average molecular weight is 300 g/mol. The highest BCUT2D eigenvalue weighted by atomic mass is 16.6. The lowest BCUT2D eigenvalue weighted by atomic mass is 10.2. The van der Waals surface area contributed by atoms with Crippen LogP contribution in [0.3, 0.4) is 0 Å². The summed E-state index contributed by atoms with van der Waals surface area (Å²) >= 11 is 0. The molecule has 0 aliphatic heterocycles. The average Bonchev–Trinajstić information content (AvgIpc) is 2.55. The van der Waals surface area contributed by atoms with Crippen LogP contribution in [0.1, 0.15) is 17.3 Å². The van der Waals surface area contributed by atoms with E-state index in [0.29, 0.717) is 24.2 Å². The number of aldehydes is 1. The topological polar surface area (TPSA) is 61.8 Å². The van der Waals surface area contributed by atoms with Crippen molar-refractivity contribution in [3.63, 3.8) is 0 Å². The van der Waals surface area contributed by atoms with Crippen molar-refractivity contribution in [2.45, 2.75) is 6.92 Å². The minimum atomic E-state index is -0.580. The molecule has 0 aliphatic rings. The van der Waals surface area contributed by atoms with Crippen molar-refractivity contribution in [2.75, 3.05) is 13.2 Å². The molecule has 0 N–H and O–H groups in total. The molecule has 5 nitrogen and oxygen atoms in total. The van der Waals surface area contributed by atoms with E-state index in [4.69, 9.17) is 14.2 Å². The molecule has 0 atom stereocenters. The predicted molar refractivity (Wildman–Crippen MR) is 80.6 cm³/mol. The number of carbonyl (C=O) groups excluding carboxylic acids is 2. The van der Waals surface area contributed by atoms with Gasteiger partial charge in [-0.05, 0) is 43.3 Å². The fourth-order valence-electron chi connectivity index (χ4n) is 1.76. The summed E-state index contributed by atoms with van der Waals surface area (Å²) in [5, 5.41) is 0. The highest BCUT2D eigenvalue weighted by Crippen LogP contribution is 2.18. The number of hydrogen-bond donors (Lipinski definition) is 0. The molecule has 0 bridgehead atoms. The van der Waals surface area contributed by atoms with Crippen molar-refractivity contribution >= 4 is 12.3 Å². The van der Waals surface area contributed by atoms with Gasteiger partial charge in [0.05, 0.1) is 12.2 Å². The summed E-state index contributed by atoms with van der Waals surface area (Å²) in [6.45, 7) is 2.24. The largest absolute Gasteiger partial charge is 0.494 e. The lowest BCUT2D eigenvalue weighted by Crippen LogP contribution is -2.18. The van der Waals surface area contributed by atoms with E-state index >= 15 is 0 Å². The molecule has 0 unspecified atom stereocenters. The van der Waals surface area contributed by atoms with Crippen LogP contribution in [0, 0.1) is 0 Å². The van der Waals surface area contributed by atoms with Gasteiger partial charge in [0.2, 0.25) is 0 Å². The Hall–Kier alpha value is -2.82. The Labute approximate surface area is 128 Å². The van der Waals surface area contributed by atoms with Crippen molar-refractivity contribution in [2.24, 2.45) is 0 Å². The maximum atomic E-state index is 11.7. The summed E-state index contributed by atoms with van der Waals surface area (Å²) in [7, 11) is 0. The van der Waals surface area contributed by atoms with Gasteiger partial charge in [0.1, 0.15) is 17.2 Å². The van der Waals surface area contributed by atoms with Crippen LogP contribution in [-0.4, -0.2) is 25.5 Å². The normalized spacial score (nSPS) is 9.86. The van der Waals surface area contributed by atoms with Gasteiger partial charge in [-0.3, -0.25) is 4.79 Å². The monoisotopic (exact) mass is 300 g/mol. The second-order valence-electron chi connectivity index (χ2n) is 4.32. The standard InChI is InChI=1S/C17H16O5/c1-2-20-14-7-9-15(10-8-14)21-12-17(19)22-16-6-4-3-5-13(16)11-18/h3-11H,2,12H2,1H3. The molecule has 2 aromatic carbocycles. The highest BCUT2D eigenvalue weighted by molar-refractivity contribution is 5.82. The van der Waals surface area contributed by atoms with Gasteiger partial charge in [0.25, 0.3) is 0 Å². The third kappa shape index (κ3) is 4.34. The summed E-state index contributed by atoms with van der Waals surface area (Å²) in [6, 6.07) is 13.4. The summed E-state index contributed by atoms with van der Waals surface area (Å²) in [5.41, 5.74) is 0.317. The molecule has 2 rings (SSSR count). The maximum absolute atomic E-state index is 11.7. The SMILES string of the molecule is CCOc1ccc(OCC(=O)Oc2ccccc2C=O)cc1. The number of rotatable bonds is 7. The van der Waals surface area contributed by atoms with Gasteiger partial charge < -0.3 is 14.2 Å². The first-order chi connectivity index (χ1) is 10.7. The zero-order valence-electron chi connectivity index (χ0n) is 12.2. The minimum Gasteiger partial charge on any atom is -0.494 e. The number of esters is 1. The van der Waals surface area contributed by atoms with Crippen molar-refractivity contribution in [3.05, 3.63) is 54.1 Å². The molecule has 0 amide bonds. The molecular weight excluding hydrogens is 284 g/mol. The quantitative estimate of drug-likeness (QED) is 0.447. The number of benzene rings is 2. The molecule has 22 heavy (non-hydrogen) atoms. The minimum absolute atomic E-state index is 0.220. The summed E-state index contributed by atoms with van der Waals surface area (Å²) in [6.07, 6.45) is 0.635. The lowest BCUT2D eigenvalue weighted by molar-refractivity contribution is -0.136. The molecule has 0 saturated heterocycles. The van der Waals surface area contributed by atoms with Crippen molar-refractivity contribution in [1.29, 1.82) is 0 Å². The lowest BCUT2D eigenvalue weighted by Gasteiger charge is -2.08. The smallest absolute Gasteiger partial charge is 0.349 e. The van der Waals surface area contributed by atoms with Gasteiger partial charge in [-0.25, -0.2) is 4.79 Å². The fraction of sp³-hybridized carbons (Fsp3) is 0.176. The first-order valence-corrected chi connectivity index (χ1v) is 6.83. The van der Waals surface area contributed by atoms with E-state index in [2.05, 4.69) is 0 Å². The van der Waals surface area contributed by atoms with E-state index in [9.17, 15) is 9.59 Å². The summed E-state index contributed by atoms with van der Waals surface area (Å²) < 4.78 is 15.7. The van der Waals surface area contributed by atoms with E-state index in [1.807, 2.05) is 6.92 Å². The van der Waals surface area contributed by atoms with Crippen molar-refractivity contribution in [3.8, 4) is 17.2 Å². The number of carbonyl (C=O) groups is 2. The Balaban J connectivity index is 1.88. The van der Waals surface area contributed by atoms with Gasteiger partial charge in [-0.1, -0.05) is 12.1 Å². The van der Waals surface area contributed by atoms with E-state index in [0.717, 1.165) is 5.75 Å². The molecule has 0 radical (unpaired) electrons. The maximum Gasteiger partial charge on any atom is 0.349 e. The molecule has 114 valence electrons. The van der Waals surface area contributed by atoms with E-state index in [-0.39, 0.29) is 12.4 Å². The highest BCUT2D eigenvalue weighted by Gasteiger charge is 2.09. The van der Waals surface area contributed by atoms with E-state index < -0.39 is 5.97 Å². The molecule has 5 heteroatoms. The Kier molecular flexibility index (Phi) is 5.54. The first kappa shape index (κ1) is 15.6. The van der Waals surface area contributed by atoms with E-state index in [1.165, 1.54) is 0 Å². The first-order valence-electron chi connectivity index (χ1n) is 6.83. The van der Waals surface area contributed by atoms with Crippen molar-refractivity contribution < 1.29 is 23.8 Å². The molecule has 0 heterocycles. The zero-order valence-corrected chi connectivity index (χ0v) is 12.2. The molecule has 0 aliphatic carbocycles. The van der Waals surface area contributed by atoms with Gasteiger partial charge in [0.15, 0.2) is 12.9 Å². The number of ether oxygens (including phenoxy) is 3. The van der Waals surface area contributed by atoms with Gasteiger partial charge in [-0.2, -0.15) is 0 Å². The van der Waals surface area contributed by atoms with Crippen LogP contribution < -0.4 is 14.2 Å². The summed E-state index contributed by atoms with van der Waals surface area (Å²) in [5.74, 6) is 0.905. The third-order valence-corrected chi connectivity index (χ3v) is 2.76. The molecule has 0 saturated carbocycles. The predicted octanol–water partition coefficient (Wildman–Crippen LogP) is 2.88. The van der Waals surface area contributed by atoms with Crippen LogP contribution in [0.15, 0.2) is 48.5 Å². The molecule has 2 aromatic rings. The molecular formula is C17H16O5. The second kappa shape index (κ2) is 7.83. The van der Waals surface area contributed by atoms with Crippen LogP contribution in [0.2, 0.25) is 0 Å². The number of para-hydroxylation sites is 1. The van der Waals surface area contributed by atoms with Gasteiger partial charge >= 0.3 is 5.97 Å². The Bertz CT molecular complexity index is 634. The number of hydrogen-bond acceptors (Lipinski definition) is 5.